The number of hydrogen-bond donors (Lipinski definition) is 1. The summed E-state index contributed by atoms with van der Waals surface area (Å²) < 4.78 is 9.82. The average Bonchev–Trinajstić information content (AvgIpc) is 4.12. The Bertz CT molecular complexity index is 2370. The molecule has 4 aromatic heterocycles. The van der Waals surface area contributed by atoms with Crippen molar-refractivity contribution in [2.45, 2.75) is 107 Å². The van der Waals surface area contributed by atoms with Crippen molar-refractivity contribution in [3.05, 3.63) is 131 Å². The molecule has 2 aliphatic carbocycles. The van der Waals surface area contributed by atoms with Crippen LogP contribution in [0.15, 0.2) is 91.8 Å². The minimum Gasteiger partial charge on any atom is -0.445 e. The third-order valence-corrected chi connectivity index (χ3v) is 14.2. The summed E-state index contributed by atoms with van der Waals surface area (Å²) in [5.74, 6) is 1.93. The average molecular weight is 865 g/mol. The van der Waals surface area contributed by atoms with Gasteiger partial charge >= 0.3 is 6.09 Å². The molecule has 64 heavy (non-hydrogen) atoms. The molecule has 1 aromatic carbocycles. The second kappa shape index (κ2) is 19.1. The Morgan fingerprint density at radius 1 is 0.547 bits per heavy atom. The number of nitrogens with zero attached hydrogens (tertiary/aromatic N) is 9. The highest BCUT2D eigenvalue weighted by Gasteiger charge is 2.39. The lowest BCUT2D eigenvalue weighted by Gasteiger charge is -2.32. The molecule has 14 nitrogen and oxygen atoms in total. The minimum atomic E-state index is -0.266. The molecule has 14 heteroatoms. The standard InChI is InChI=1S/C29H33N5O3.C21H27N5O/c35-28(33-14-10-24(19-33)23-7-4-13-30-17-23)26-18-31-34(27(26)22-8-9-22)25-11-15-32(16-12-25)29(36)37-20-21-5-2-1-3-6-21;27-21(25-11-7-17(14-25)16-2-1-8-23-12-16)19-13-24-26(20(19)15-3-4-15)18-5-9-22-10-6-18/h1-7,13,17-18,22,24-25H,8-12,14-16,19-20H2;1-2,8,12-13,15,17-18,22H,3-7,9-11,14H2. The summed E-state index contributed by atoms with van der Waals surface area (Å²) in [5, 5.41) is 12.9. The van der Waals surface area contributed by atoms with Crippen LogP contribution in [0.25, 0.3) is 0 Å². The van der Waals surface area contributed by atoms with Gasteiger partial charge in [-0.05, 0) is 106 Å². The molecule has 0 bridgehead atoms. The Morgan fingerprint density at radius 3 is 1.53 bits per heavy atom. The van der Waals surface area contributed by atoms with E-state index < -0.39 is 0 Å². The van der Waals surface area contributed by atoms with Gasteiger partial charge in [0, 0.05) is 87.7 Å². The molecule has 5 aromatic rings. The third-order valence-electron chi connectivity index (χ3n) is 14.2. The van der Waals surface area contributed by atoms with E-state index in [0.717, 1.165) is 113 Å². The van der Waals surface area contributed by atoms with E-state index in [1.165, 1.54) is 29.7 Å². The molecule has 4 aliphatic heterocycles. The first-order valence-corrected chi connectivity index (χ1v) is 23.7. The van der Waals surface area contributed by atoms with Gasteiger partial charge in [-0.2, -0.15) is 10.2 Å². The van der Waals surface area contributed by atoms with Gasteiger partial charge in [-0.15, -0.1) is 0 Å². The molecular weight excluding hydrogens is 805 g/mol. The highest BCUT2D eigenvalue weighted by molar-refractivity contribution is 5.96. The van der Waals surface area contributed by atoms with Gasteiger partial charge in [-0.1, -0.05) is 42.5 Å². The van der Waals surface area contributed by atoms with E-state index in [9.17, 15) is 14.4 Å². The van der Waals surface area contributed by atoms with Crippen LogP contribution in [-0.4, -0.2) is 114 Å². The van der Waals surface area contributed by atoms with Crippen LogP contribution in [0, 0.1) is 0 Å². The first-order chi connectivity index (χ1) is 31.5. The number of nitrogens with one attached hydrogen (secondary N) is 1. The predicted octanol–water partition coefficient (Wildman–Crippen LogP) is 7.47. The number of likely N-dealkylation sites (tertiary alicyclic amines) is 3. The van der Waals surface area contributed by atoms with Crippen molar-refractivity contribution in [1.29, 1.82) is 0 Å². The summed E-state index contributed by atoms with van der Waals surface area (Å²) in [6.45, 7) is 6.71. The fraction of sp³-hybridized carbons (Fsp3) is 0.500. The van der Waals surface area contributed by atoms with Crippen LogP contribution >= 0.6 is 0 Å². The maximum atomic E-state index is 13.6. The molecule has 11 rings (SSSR count). The fourth-order valence-electron chi connectivity index (χ4n) is 10.3. The van der Waals surface area contributed by atoms with E-state index in [-0.39, 0.29) is 30.6 Å². The van der Waals surface area contributed by atoms with Crippen LogP contribution in [-0.2, 0) is 11.3 Å². The zero-order valence-corrected chi connectivity index (χ0v) is 36.7. The summed E-state index contributed by atoms with van der Waals surface area (Å²) >= 11 is 0. The summed E-state index contributed by atoms with van der Waals surface area (Å²) in [5.41, 5.74) is 7.34. The number of benzene rings is 1. The number of aromatic nitrogens is 6. The van der Waals surface area contributed by atoms with Gasteiger partial charge in [0.2, 0.25) is 0 Å². The first kappa shape index (κ1) is 42.1. The molecule has 1 N–H and O–H groups in total. The number of rotatable bonds is 10. The molecule has 2 saturated carbocycles. The molecule has 0 spiro atoms. The number of ether oxygens (including phenoxy) is 1. The fourth-order valence-corrected chi connectivity index (χ4v) is 10.3. The molecule has 0 radical (unpaired) electrons. The normalized spacial score (nSPS) is 21.7. The first-order valence-electron chi connectivity index (χ1n) is 23.7. The van der Waals surface area contributed by atoms with Crippen LogP contribution in [0.4, 0.5) is 4.79 Å². The molecule has 2 unspecified atom stereocenters. The second-order valence-corrected chi connectivity index (χ2v) is 18.6. The molecule has 334 valence electrons. The summed E-state index contributed by atoms with van der Waals surface area (Å²) in [6, 6.07) is 18.5. The Morgan fingerprint density at radius 2 is 1.05 bits per heavy atom. The molecule has 6 aliphatic rings. The lowest BCUT2D eigenvalue weighted by molar-refractivity contribution is 0.0780. The van der Waals surface area contributed by atoms with Crippen LogP contribution in [0.5, 0.6) is 0 Å². The molecular formula is C50H60N10O4. The maximum Gasteiger partial charge on any atom is 0.410 e. The predicted molar refractivity (Wildman–Crippen MR) is 241 cm³/mol. The largest absolute Gasteiger partial charge is 0.445 e. The van der Waals surface area contributed by atoms with Gasteiger partial charge in [-0.25, -0.2) is 4.79 Å². The molecule has 3 amide bonds. The number of amides is 3. The Balaban J connectivity index is 0.000000159. The highest BCUT2D eigenvalue weighted by atomic mass is 16.6. The highest BCUT2D eigenvalue weighted by Crippen LogP contribution is 2.45. The zero-order chi connectivity index (χ0) is 43.4. The smallest absolute Gasteiger partial charge is 0.410 e. The minimum absolute atomic E-state index is 0.0986. The van der Waals surface area contributed by atoms with Gasteiger partial charge in [0.05, 0.1) is 47.0 Å². The second-order valence-electron chi connectivity index (χ2n) is 18.6. The van der Waals surface area contributed by atoms with Crippen molar-refractivity contribution in [3.8, 4) is 0 Å². The van der Waals surface area contributed by atoms with E-state index in [1.54, 1.807) is 23.5 Å². The Kier molecular flexibility index (Phi) is 12.5. The lowest BCUT2D eigenvalue weighted by Crippen LogP contribution is -2.39. The van der Waals surface area contributed by atoms with Gasteiger partial charge < -0.3 is 24.8 Å². The summed E-state index contributed by atoms with van der Waals surface area (Å²) in [6.07, 6.45) is 21.2. The molecule has 8 heterocycles. The number of pyridine rings is 2. The number of piperidine rings is 2. The van der Waals surface area contributed by atoms with Crippen LogP contribution < -0.4 is 5.32 Å². The van der Waals surface area contributed by atoms with Crippen LogP contribution in [0.2, 0.25) is 0 Å². The van der Waals surface area contributed by atoms with Gasteiger partial charge in [-0.3, -0.25) is 28.9 Å². The number of hydrogen-bond acceptors (Lipinski definition) is 9. The van der Waals surface area contributed by atoms with E-state index in [1.807, 2.05) is 70.9 Å². The van der Waals surface area contributed by atoms with E-state index in [2.05, 4.69) is 36.8 Å². The van der Waals surface area contributed by atoms with Gasteiger partial charge in [0.1, 0.15) is 6.61 Å². The zero-order valence-electron chi connectivity index (χ0n) is 36.7. The summed E-state index contributed by atoms with van der Waals surface area (Å²) in [4.78, 5) is 53.8. The topological polar surface area (TPSA) is 144 Å². The Hall–Kier alpha value is -5.89. The maximum absolute atomic E-state index is 13.6. The van der Waals surface area contributed by atoms with E-state index in [0.29, 0.717) is 42.8 Å². The van der Waals surface area contributed by atoms with Gasteiger partial charge in [0.25, 0.3) is 11.8 Å². The number of carbonyl (C=O) groups excluding carboxylic acids is 3. The van der Waals surface area contributed by atoms with E-state index >= 15 is 0 Å². The Labute approximate surface area is 375 Å². The van der Waals surface area contributed by atoms with Crippen molar-refractivity contribution in [2.75, 3.05) is 52.4 Å². The van der Waals surface area contributed by atoms with Crippen molar-refractivity contribution < 1.29 is 19.1 Å². The van der Waals surface area contributed by atoms with Crippen molar-refractivity contribution >= 4 is 17.9 Å². The van der Waals surface area contributed by atoms with Gasteiger partial charge in [0.15, 0.2) is 0 Å². The lowest BCUT2D eigenvalue weighted by atomic mass is 10.0. The molecule has 4 saturated heterocycles. The SMILES string of the molecule is O=C(OCc1ccccc1)N1CCC(n2ncc(C(=O)N3CCC(c4cccnc4)C3)c2C2CC2)CC1.O=C(c1cnn(C2CCNCC2)c1C1CC1)N1CCC(c2cccnc2)C1. The van der Waals surface area contributed by atoms with E-state index in [4.69, 9.17) is 14.9 Å². The third kappa shape index (κ3) is 9.34. The van der Waals surface area contributed by atoms with Crippen molar-refractivity contribution in [3.63, 3.8) is 0 Å². The molecule has 2 atom stereocenters. The monoisotopic (exact) mass is 864 g/mol. The van der Waals surface area contributed by atoms with Crippen molar-refractivity contribution in [2.24, 2.45) is 0 Å². The quantitative estimate of drug-likeness (QED) is 0.151. The summed E-state index contributed by atoms with van der Waals surface area (Å²) in [7, 11) is 0. The number of carbonyl (C=O) groups is 3. The van der Waals surface area contributed by atoms with Crippen molar-refractivity contribution in [1.82, 2.24) is 49.5 Å². The van der Waals surface area contributed by atoms with Crippen LogP contribution in [0.3, 0.4) is 0 Å². The van der Waals surface area contributed by atoms with Crippen LogP contribution in [0.1, 0.15) is 149 Å². The molecule has 6 fully saturated rings.